The highest BCUT2D eigenvalue weighted by Gasteiger charge is 2.37. The summed E-state index contributed by atoms with van der Waals surface area (Å²) in [6, 6.07) is -0.249. The Labute approximate surface area is 150 Å². The number of piperidine rings is 1. The molecule has 1 N–H and O–H groups in total. The van der Waals surface area contributed by atoms with Gasteiger partial charge in [0.25, 0.3) is 0 Å². The molecule has 0 radical (unpaired) electrons. The standard InChI is InChI=1S/C16H22N4O4S/c1-2-14(21)19-10-25-9-13(19)15(22)18-5-3-12(4-6-18)20-8-11(7-17-20)16(23)24/h7-8,12-13H,2-6,9-10H2,1H3,(H,23,24). The van der Waals surface area contributed by atoms with Crippen LogP contribution < -0.4 is 0 Å². The molecule has 1 aromatic rings. The number of rotatable bonds is 4. The lowest BCUT2D eigenvalue weighted by atomic mass is 10.0. The second-order valence-corrected chi connectivity index (χ2v) is 7.30. The van der Waals surface area contributed by atoms with Crippen LogP contribution in [0.15, 0.2) is 12.4 Å². The second kappa shape index (κ2) is 7.47. The van der Waals surface area contributed by atoms with Gasteiger partial charge in [0.05, 0.1) is 23.7 Å². The van der Waals surface area contributed by atoms with E-state index in [0.717, 1.165) is 12.8 Å². The SMILES string of the molecule is CCC(=O)N1CSCC1C(=O)N1CCC(n2cc(C(=O)O)cn2)CC1. The van der Waals surface area contributed by atoms with Crippen LogP contribution in [0, 0.1) is 0 Å². The van der Waals surface area contributed by atoms with E-state index in [4.69, 9.17) is 5.11 Å². The third-order valence-electron chi connectivity index (χ3n) is 4.79. The average molecular weight is 366 g/mol. The van der Waals surface area contributed by atoms with Gasteiger partial charge in [0, 0.05) is 31.5 Å². The van der Waals surface area contributed by atoms with Gasteiger partial charge in [-0.05, 0) is 12.8 Å². The maximum Gasteiger partial charge on any atom is 0.338 e. The number of likely N-dealkylation sites (tertiary alicyclic amines) is 1. The van der Waals surface area contributed by atoms with Crippen LogP contribution in [0.2, 0.25) is 0 Å². The molecule has 1 unspecified atom stereocenters. The van der Waals surface area contributed by atoms with Crippen molar-refractivity contribution in [1.82, 2.24) is 19.6 Å². The van der Waals surface area contributed by atoms with Gasteiger partial charge in [-0.25, -0.2) is 4.79 Å². The van der Waals surface area contributed by atoms with Gasteiger partial charge in [-0.3, -0.25) is 14.3 Å². The lowest BCUT2D eigenvalue weighted by Crippen LogP contribution is -2.51. The molecule has 1 atom stereocenters. The van der Waals surface area contributed by atoms with E-state index in [1.807, 2.05) is 11.8 Å². The fourth-order valence-electron chi connectivity index (χ4n) is 3.31. The molecule has 1 aromatic heterocycles. The van der Waals surface area contributed by atoms with Gasteiger partial charge in [-0.2, -0.15) is 5.10 Å². The molecule has 3 rings (SSSR count). The number of carbonyl (C=O) groups is 3. The zero-order valence-electron chi connectivity index (χ0n) is 14.1. The van der Waals surface area contributed by atoms with Crippen molar-refractivity contribution in [2.75, 3.05) is 24.7 Å². The Kier molecular flexibility index (Phi) is 5.31. The molecule has 0 spiro atoms. The molecule has 2 aliphatic heterocycles. The van der Waals surface area contributed by atoms with Crippen LogP contribution >= 0.6 is 11.8 Å². The van der Waals surface area contributed by atoms with Gasteiger partial charge in [-0.15, -0.1) is 11.8 Å². The summed E-state index contributed by atoms with van der Waals surface area (Å²) in [5.41, 5.74) is 0.176. The summed E-state index contributed by atoms with van der Waals surface area (Å²) in [6.45, 7) is 3.01. The number of thioether (sulfide) groups is 1. The summed E-state index contributed by atoms with van der Waals surface area (Å²) in [6.07, 6.45) is 4.77. The Morgan fingerprint density at radius 2 is 2.04 bits per heavy atom. The summed E-state index contributed by atoms with van der Waals surface area (Å²) in [7, 11) is 0. The van der Waals surface area contributed by atoms with E-state index in [2.05, 4.69) is 5.10 Å². The molecule has 0 saturated carbocycles. The number of amides is 2. The van der Waals surface area contributed by atoms with Crippen LogP contribution in [0.25, 0.3) is 0 Å². The van der Waals surface area contributed by atoms with E-state index in [-0.39, 0.29) is 29.5 Å². The third kappa shape index (κ3) is 3.65. The molecule has 2 saturated heterocycles. The molecular weight excluding hydrogens is 344 g/mol. The van der Waals surface area contributed by atoms with Crippen LogP contribution in [-0.2, 0) is 9.59 Å². The predicted molar refractivity (Wildman–Crippen MR) is 92.3 cm³/mol. The van der Waals surface area contributed by atoms with Gasteiger partial charge < -0.3 is 14.9 Å². The summed E-state index contributed by atoms with van der Waals surface area (Å²) in [4.78, 5) is 39.2. The van der Waals surface area contributed by atoms with Crippen molar-refractivity contribution in [3.8, 4) is 0 Å². The molecule has 8 nitrogen and oxygen atoms in total. The second-order valence-electron chi connectivity index (χ2n) is 6.30. The molecule has 2 aliphatic rings. The normalized spacial score (nSPS) is 21.6. The van der Waals surface area contributed by atoms with Crippen molar-refractivity contribution >= 4 is 29.5 Å². The highest BCUT2D eigenvalue weighted by molar-refractivity contribution is 7.99. The number of hydrogen-bond acceptors (Lipinski definition) is 5. The smallest absolute Gasteiger partial charge is 0.338 e. The van der Waals surface area contributed by atoms with Crippen molar-refractivity contribution in [2.45, 2.75) is 38.3 Å². The van der Waals surface area contributed by atoms with E-state index in [9.17, 15) is 14.4 Å². The first-order valence-corrected chi connectivity index (χ1v) is 9.60. The molecule has 0 aliphatic carbocycles. The Balaban J connectivity index is 1.59. The highest BCUT2D eigenvalue weighted by atomic mass is 32.2. The molecule has 9 heteroatoms. The Bertz CT molecular complexity index is 669. The number of aromatic carboxylic acids is 1. The zero-order chi connectivity index (χ0) is 18.0. The van der Waals surface area contributed by atoms with Crippen LogP contribution in [0.3, 0.4) is 0 Å². The van der Waals surface area contributed by atoms with Crippen LogP contribution in [0.4, 0.5) is 0 Å². The van der Waals surface area contributed by atoms with Crippen molar-refractivity contribution in [1.29, 1.82) is 0 Å². The topological polar surface area (TPSA) is 95.7 Å². The number of nitrogens with zero attached hydrogens (tertiary/aromatic N) is 4. The number of carboxylic acids is 1. The van der Waals surface area contributed by atoms with Gasteiger partial charge in [0.2, 0.25) is 11.8 Å². The number of carboxylic acid groups (broad SMARTS) is 1. The van der Waals surface area contributed by atoms with Gasteiger partial charge in [0.15, 0.2) is 0 Å². The Hall–Kier alpha value is -2.03. The van der Waals surface area contributed by atoms with E-state index < -0.39 is 5.97 Å². The van der Waals surface area contributed by atoms with Crippen LogP contribution in [-0.4, -0.2) is 73.2 Å². The fourth-order valence-corrected chi connectivity index (χ4v) is 4.48. The maximum atomic E-state index is 12.8. The summed E-state index contributed by atoms with van der Waals surface area (Å²) >= 11 is 1.62. The third-order valence-corrected chi connectivity index (χ3v) is 5.80. The summed E-state index contributed by atoms with van der Waals surface area (Å²) in [5.74, 6) is 0.308. The van der Waals surface area contributed by atoms with Crippen molar-refractivity contribution < 1.29 is 19.5 Å². The molecule has 136 valence electrons. The van der Waals surface area contributed by atoms with Gasteiger partial charge >= 0.3 is 5.97 Å². The van der Waals surface area contributed by atoms with E-state index in [1.54, 1.807) is 27.5 Å². The minimum Gasteiger partial charge on any atom is -0.478 e. The van der Waals surface area contributed by atoms with Crippen molar-refractivity contribution in [3.63, 3.8) is 0 Å². The first-order valence-electron chi connectivity index (χ1n) is 8.44. The van der Waals surface area contributed by atoms with Crippen molar-refractivity contribution in [2.24, 2.45) is 0 Å². The molecule has 0 aromatic carbocycles. The van der Waals surface area contributed by atoms with E-state index in [0.29, 0.717) is 31.1 Å². The van der Waals surface area contributed by atoms with E-state index >= 15 is 0 Å². The van der Waals surface area contributed by atoms with Crippen molar-refractivity contribution in [3.05, 3.63) is 18.0 Å². The molecule has 25 heavy (non-hydrogen) atoms. The first-order chi connectivity index (χ1) is 12.0. The predicted octanol–water partition coefficient (Wildman–Crippen LogP) is 1.06. The average Bonchev–Trinajstić information content (AvgIpc) is 3.30. The van der Waals surface area contributed by atoms with Crippen LogP contribution in [0.5, 0.6) is 0 Å². The zero-order valence-corrected chi connectivity index (χ0v) is 14.9. The minimum atomic E-state index is -0.988. The highest BCUT2D eigenvalue weighted by Crippen LogP contribution is 2.27. The quantitative estimate of drug-likeness (QED) is 0.856. The van der Waals surface area contributed by atoms with Gasteiger partial charge in [-0.1, -0.05) is 6.92 Å². The Morgan fingerprint density at radius 1 is 1.32 bits per heavy atom. The van der Waals surface area contributed by atoms with Crippen LogP contribution in [0.1, 0.15) is 42.6 Å². The molecule has 2 fully saturated rings. The number of carbonyl (C=O) groups excluding carboxylic acids is 2. The lowest BCUT2D eigenvalue weighted by Gasteiger charge is -2.35. The Morgan fingerprint density at radius 3 is 2.64 bits per heavy atom. The van der Waals surface area contributed by atoms with Gasteiger partial charge in [0.1, 0.15) is 6.04 Å². The molecular formula is C16H22N4O4S. The molecule has 2 amide bonds. The molecule has 3 heterocycles. The lowest BCUT2D eigenvalue weighted by molar-refractivity contribution is -0.144. The molecule has 0 bridgehead atoms. The summed E-state index contributed by atoms with van der Waals surface area (Å²) < 4.78 is 1.68. The minimum absolute atomic E-state index is 0.0241. The summed E-state index contributed by atoms with van der Waals surface area (Å²) in [5, 5.41) is 13.1. The maximum absolute atomic E-state index is 12.8. The fraction of sp³-hybridized carbons (Fsp3) is 0.625. The largest absolute Gasteiger partial charge is 0.478 e. The monoisotopic (exact) mass is 366 g/mol. The first kappa shape index (κ1) is 17.8. The number of hydrogen-bond donors (Lipinski definition) is 1. The number of aromatic nitrogens is 2. The van der Waals surface area contributed by atoms with E-state index in [1.165, 1.54) is 6.20 Å².